The molecular formula is C22H32N2O4S. The number of carbonyl (C=O) groups excluding carboxylic acids is 1. The SMILES string of the molecule is CC(C)CS(=O)(=O)N1CCC2(CC1)C[C@@H](CC(=O)NC1CC1)c1ccccc1O2. The summed E-state index contributed by atoms with van der Waals surface area (Å²) in [6.45, 7) is 4.83. The number of rotatable bonds is 6. The van der Waals surface area contributed by atoms with Crippen molar-refractivity contribution < 1.29 is 17.9 Å². The number of piperidine rings is 1. The average Bonchev–Trinajstić information content (AvgIpc) is 3.45. The number of ether oxygens (including phenoxy) is 1. The molecule has 29 heavy (non-hydrogen) atoms. The second kappa shape index (κ2) is 7.91. The van der Waals surface area contributed by atoms with Crippen LogP contribution in [0.2, 0.25) is 0 Å². The molecule has 4 rings (SSSR count). The van der Waals surface area contributed by atoms with Gasteiger partial charge < -0.3 is 10.1 Å². The molecule has 6 nitrogen and oxygen atoms in total. The smallest absolute Gasteiger partial charge is 0.220 e. The van der Waals surface area contributed by atoms with E-state index in [-0.39, 0.29) is 29.1 Å². The lowest BCUT2D eigenvalue weighted by Crippen LogP contribution is -2.52. The van der Waals surface area contributed by atoms with Gasteiger partial charge in [0.1, 0.15) is 11.4 Å². The molecule has 2 heterocycles. The Labute approximate surface area is 174 Å². The van der Waals surface area contributed by atoms with Crippen LogP contribution in [0.1, 0.15) is 63.9 Å². The number of nitrogens with one attached hydrogen (secondary N) is 1. The highest BCUT2D eigenvalue weighted by molar-refractivity contribution is 7.89. The van der Waals surface area contributed by atoms with Gasteiger partial charge in [-0.25, -0.2) is 12.7 Å². The molecule has 2 aliphatic heterocycles. The van der Waals surface area contributed by atoms with E-state index in [2.05, 4.69) is 11.4 Å². The number of sulfonamides is 1. The third-order valence-corrected chi connectivity index (χ3v) is 8.49. The van der Waals surface area contributed by atoms with Crippen LogP contribution >= 0.6 is 0 Å². The number of para-hydroxylation sites is 1. The summed E-state index contributed by atoms with van der Waals surface area (Å²) < 4.78 is 33.3. The van der Waals surface area contributed by atoms with E-state index in [1.807, 2.05) is 32.0 Å². The largest absolute Gasteiger partial charge is 0.487 e. The molecule has 1 aliphatic carbocycles. The summed E-state index contributed by atoms with van der Waals surface area (Å²) in [5.41, 5.74) is 0.710. The molecule has 1 aromatic rings. The topological polar surface area (TPSA) is 75.7 Å². The molecule has 0 bridgehead atoms. The molecule has 160 valence electrons. The van der Waals surface area contributed by atoms with Gasteiger partial charge >= 0.3 is 0 Å². The molecule has 1 saturated carbocycles. The molecule has 1 aromatic carbocycles. The Hall–Kier alpha value is -1.60. The minimum Gasteiger partial charge on any atom is -0.487 e. The number of hydrogen-bond donors (Lipinski definition) is 1. The van der Waals surface area contributed by atoms with Crippen molar-refractivity contribution in [3.8, 4) is 5.75 Å². The summed E-state index contributed by atoms with van der Waals surface area (Å²) in [5, 5.41) is 3.10. The van der Waals surface area contributed by atoms with Gasteiger partial charge in [-0.05, 0) is 36.8 Å². The lowest BCUT2D eigenvalue weighted by molar-refractivity contribution is -0.122. The minimum absolute atomic E-state index is 0.109. The molecule has 0 aromatic heterocycles. The van der Waals surface area contributed by atoms with E-state index in [0.29, 0.717) is 38.4 Å². The highest BCUT2D eigenvalue weighted by Gasteiger charge is 2.45. The number of nitrogens with zero attached hydrogens (tertiary/aromatic N) is 1. The van der Waals surface area contributed by atoms with Gasteiger partial charge in [0.05, 0.1) is 5.75 Å². The average molecular weight is 421 g/mol. The first-order valence-corrected chi connectivity index (χ1v) is 12.4. The second-order valence-corrected chi connectivity index (χ2v) is 11.4. The molecule has 2 fully saturated rings. The van der Waals surface area contributed by atoms with Crippen LogP contribution in [-0.2, 0) is 14.8 Å². The van der Waals surface area contributed by atoms with E-state index in [0.717, 1.165) is 30.6 Å². The van der Waals surface area contributed by atoms with Gasteiger partial charge in [0.25, 0.3) is 0 Å². The van der Waals surface area contributed by atoms with Crippen molar-refractivity contribution in [2.45, 2.75) is 69.9 Å². The van der Waals surface area contributed by atoms with Crippen LogP contribution in [0.5, 0.6) is 5.75 Å². The Bertz CT molecular complexity index is 855. The predicted octanol–water partition coefficient (Wildman–Crippen LogP) is 3.04. The Balaban J connectivity index is 1.48. The van der Waals surface area contributed by atoms with Gasteiger partial charge in [-0.3, -0.25) is 4.79 Å². The molecule has 3 aliphatic rings. The normalized spacial score (nSPS) is 24.2. The van der Waals surface area contributed by atoms with Crippen molar-refractivity contribution in [3.63, 3.8) is 0 Å². The first-order valence-electron chi connectivity index (χ1n) is 10.8. The first-order chi connectivity index (χ1) is 13.8. The van der Waals surface area contributed by atoms with E-state index >= 15 is 0 Å². The first kappa shape index (κ1) is 20.7. The van der Waals surface area contributed by atoms with Crippen LogP contribution in [0.4, 0.5) is 0 Å². The molecule has 0 unspecified atom stereocenters. The maximum Gasteiger partial charge on any atom is 0.220 e. The molecule has 1 atom stereocenters. The zero-order valence-electron chi connectivity index (χ0n) is 17.4. The van der Waals surface area contributed by atoms with E-state index in [1.54, 1.807) is 4.31 Å². The fraction of sp³-hybridized carbons (Fsp3) is 0.682. The fourth-order valence-electron chi connectivity index (χ4n) is 4.67. The number of benzene rings is 1. The molecule has 1 saturated heterocycles. The number of carbonyl (C=O) groups is 1. The van der Waals surface area contributed by atoms with Crippen LogP contribution in [0.25, 0.3) is 0 Å². The monoisotopic (exact) mass is 420 g/mol. The van der Waals surface area contributed by atoms with Gasteiger partial charge in [-0.2, -0.15) is 0 Å². The molecule has 1 amide bonds. The van der Waals surface area contributed by atoms with Crippen molar-refractivity contribution in [3.05, 3.63) is 29.8 Å². The van der Waals surface area contributed by atoms with Gasteiger partial charge in [0.2, 0.25) is 15.9 Å². The third-order valence-electron chi connectivity index (χ3n) is 6.25. The molecule has 1 spiro atoms. The van der Waals surface area contributed by atoms with Gasteiger partial charge in [-0.1, -0.05) is 32.0 Å². The van der Waals surface area contributed by atoms with E-state index in [4.69, 9.17) is 4.74 Å². The minimum atomic E-state index is -3.22. The molecular weight excluding hydrogens is 388 g/mol. The number of fused-ring (bicyclic) bond motifs is 1. The zero-order chi connectivity index (χ0) is 20.6. The van der Waals surface area contributed by atoms with Crippen molar-refractivity contribution >= 4 is 15.9 Å². The maximum absolute atomic E-state index is 12.6. The summed E-state index contributed by atoms with van der Waals surface area (Å²) in [6, 6.07) is 8.35. The lowest BCUT2D eigenvalue weighted by atomic mass is 9.76. The summed E-state index contributed by atoms with van der Waals surface area (Å²) in [5.74, 6) is 1.37. The molecule has 7 heteroatoms. The summed E-state index contributed by atoms with van der Waals surface area (Å²) >= 11 is 0. The summed E-state index contributed by atoms with van der Waals surface area (Å²) in [7, 11) is -3.22. The second-order valence-electron chi connectivity index (χ2n) is 9.34. The van der Waals surface area contributed by atoms with Crippen molar-refractivity contribution in [1.29, 1.82) is 0 Å². The Morgan fingerprint density at radius 1 is 1.24 bits per heavy atom. The Kier molecular flexibility index (Phi) is 5.64. The third kappa shape index (κ3) is 4.77. The van der Waals surface area contributed by atoms with Gasteiger partial charge in [-0.15, -0.1) is 0 Å². The zero-order valence-corrected chi connectivity index (χ0v) is 18.2. The van der Waals surface area contributed by atoms with Crippen LogP contribution in [0.3, 0.4) is 0 Å². The van der Waals surface area contributed by atoms with Crippen molar-refractivity contribution in [2.75, 3.05) is 18.8 Å². The lowest BCUT2D eigenvalue weighted by Gasteiger charge is -2.46. The summed E-state index contributed by atoms with van der Waals surface area (Å²) in [4.78, 5) is 12.5. The highest BCUT2D eigenvalue weighted by atomic mass is 32.2. The number of hydrogen-bond acceptors (Lipinski definition) is 4. The van der Waals surface area contributed by atoms with Crippen LogP contribution in [0, 0.1) is 5.92 Å². The van der Waals surface area contributed by atoms with Crippen LogP contribution in [-0.4, -0.2) is 49.1 Å². The van der Waals surface area contributed by atoms with Gasteiger partial charge in [0.15, 0.2) is 0 Å². The maximum atomic E-state index is 12.6. The van der Waals surface area contributed by atoms with Crippen LogP contribution < -0.4 is 10.1 Å². The molecule has 1 N–H and O–H groups in total. The quantitative estimate of drug-likeness (QED) is 0.768. The Morgan fingerprint density at radius 3 is 2.59 bits per heavy atom. The van der Waals surface area contributed by atoms with Gasteiger partial charge in [0, 0.05) is 44.3 Å². The van der Waals surface area contributed by atoms with E-state index < -0.39 is 10.0 Å². The van der Waals surface area contributed by atoms with Crippen LogP contribution in [0.15, 0.2) is 24.3 Å². The standard InChI is InChI=1S/C22H32N2O4S/c1-16(2)15-29(26,27)24-11-9-22(10-12-24)14-17(13-21(25)23-18-7-8-18)19-5-3-4-6-20(19)28-22/h3-6,16-18H,7-15H2,1-2H3,(H,23,25)/t17-/m1/s1. The predicted molar refractivity (Wildman–Crippen MR) is 112 cm³/mol. The van der Waals surface area contributed by atoms with E-state index in [1.165, 1.54) is 0 Å². The number of amides is 1. The highest BCUT2D eigenvalue weighted by Crippen LogP contribution is 2.46. The van der Waals surface area contributed by atoms with E-state index in [9.17, 15) is 13.2 Å². The molecule has 0 radical (unpaired) electrons. The van der Waals surface area contributed by atoms with Crippen molar-refractivity contribution in [2.24, 2.45) is 5.92 Å². The van der Waals surface area contributed by atoms with Crippen molar-refractivity contribution in [1.82, 2.24) is 9.62 Å². The fourth-order valence-corrected chi connectivity index (χ4v) is 6.46. The summed E-state index contributed by atoms with van der Waals surface area (Å²) in [6.07, 6.45) is 4.73. The Morgan fingerprint density at radius 2 is 1.93 bits per heavy atom.